The smallest absolute Gasteiger partial charge is 0.356 e. The fourth-order valence-electron chi connectivity index (χ4n) is 2.70. The van der Waals surface area contributed by atoms with Crippen molar-refractivity contribution in [2.24, 2.45) is 0 Å². The molecule has 2 heterocycles. The number of alkyl halides is 3. The molecular formula is C17H16F3N3O. The molecule has 1 fully saturated rings. The molecule has 24 heavy (non-hydrogen) atoms. The third-order valence-electron chi connectivity index (χ3n) is 3.91. The molecule has 0 bridgehead atoms. The zero-order valence-corrected chi connectivity index (χ0v) is 12.8. The molecule has 1 aromatic heterocycles. The largest absolute Gasteiger partial charge is 0.416 e. The number of hydrogen-bond acceptors (Lipinski definition) is 3. The van der Waals surface area contributed by atoms with Gasteiger partial charge >= 0.3 is 6.18 Å². The fraction of sp³-hybridized carbons (Fsp3) is 0.294. The number of amides is 1. The molecule has 3 rings (SSSR count). The number of carbonyl (C=O) groups is 1. The van der Waals surface area contributed by atoms with Gasteiger partial charge in [-0.25, -0.2) is 4.98 Å². The number of rotatable bonds is 3. The van der Waals surface area contributed by atoms with E-state index in [9.17, 15) is 18.0 Å². The zero-order valence-electron chi connectivity index (χ0n) is 12.8. The summed E-state index contributed by atoms with van der Waals surface area (Å²) in [6.07, 6.45) is -0.662. The summed E-state index contributed by atoms with van der Waals surface area (Å²) in [5.74, 6) is 0.226. The van der Waals surface area contributed by atoms with Crippen molar-refractivity contribution < 1.29 is 18.0 Å². The Hall–Kier alpha value is -2.57. The van der Waals surface area contributed by atoms with Crippen LogP contribution in [0.1, 0.15) is 28.8 Å². The van der Waals surface area contributed by atoms with E-state index in [0.29, 0.717) is 17.1 Å². The second-order valence-corrected chi connectivity index (χ2v) is 5.60. The Balaban J connectivity index is 1.78. The van der Waals surface area contributed by atoms with Gasteiger partial charge in [0.1, 0.15) is 5.82 Å². The van der Waals surface area contributed by atoms with E-state index in [0.717, 1.165) is 38.1 Å². The molecule has 1 amide bonds. The summed E-state index contributed by atoms with van der Waals surface area (Å²) in [6, 6.07) is 7.71. The van der Waals surface area contributed by atoms with E-state index in [2.05, 4.69) is 10.3 Å². The lowest BCUT2D eigenvalue weighted by Crippen LogP contribution is -2.24. The van der Waals surface area contributed by atoms with Crippen molar-refractivity contribution in [2.75, 3.05) is 23.3 Å². The summed E-state index contributed by atoms with van der Waals surface area (Å²) in [7, 11) is 0. The third kappa shape index (κ3) is 3.50. The van der Waals surface area contributed by atoms with Crippen LogP contribution in [0.2, 0.25) is 0 Å². The summed E-state index contributed by atoms with van der Waals surface area (Å²) >= 11 is 0. The maximum absolute atomic E-state index is 12.6. The molecule has 1 aromatic carbocycles. The number of pyridine rings is 1. The van der Waals surface area contributed by atoms with Gasteiger partial charge in [0.15, 0.2) is 0 Å². The molecule has 1 aliphatic heterocycles. The molecule has 2 aromatic rings. The highest BCUT2D eigenvalue weighted by Gasteiger charge is 2.30. The minimum absolute atomic E-state index is 0.309. The lowest BCUT2D eigenvalue weighted by Gasteiger charge is -2.19. The van der Waals surface area contributed by atoms with Gasteiger partial charge in [-0.3, -0.25) is 4.79 Å². The lowest BCUT2D eigenvalue weighted by molar-refractivity contribution is -0.137. The molecule has 0 atom stereocenters. The second kappa shape index (κ2) is 6.51. The van der Waals surface area contributed by atoms with Crippen molar-refractivity contribution in [2.45, 2.75) is 19.0 Å². The Bertz CT molecular complexity index is 723. The first-order valence-corrected chi connectivity index (χ1v) is 7.64. The monoisotopic (exact) mass is 335 g/mol. The first-order chi connectivity index (χ1) is 11.4. The van der Waals surface area contributed by atoms with Gasteiger partial charge in [0.05, 0.1) is 11.1 Å². The summed E-state index contributed by atoms with van der Waals surface area (Å²) in [6.45, 7) is 1.69. The Kier molecular flexibility index (Phi) is 4.42. The van der Waals surface area contributed by atoms with E-state index in [1.165, 1.54) is 12.1 Å². The average molecular weight is 335 g/mol. The molecule has 1 aliphatic rings. The van der Waals surface area contributed by atoms with Crippen LogP contribution >= 0.6 is 0 Å². The SMILES string of the molecule is O=C(Nc1ccc(C(F)(F)F)cc1)c1cccnc1N1CCCC1. The van der Waals surface area contributed by atoms with Crippen molar-refractivity contribution in [3.05, 3.63) is 53.7 Å². The summed E-state index contributed by atoms with van der Waals surface area (Å²) in [5, 5.41) is 2.63. The highest BCUT2D eigenvalue weighted by Crippen LogP contribution is 2.30. The van der Waals surface area contributed by atoms with E-state index in [1.54, 1.807) is 18.3 Å². The Labute approximate surface area is 137 Å². The van der Waals surface area contributed by atoms with Gasteiger partial charge in [0, 0.05) is 25.0 Å². The van der Waals surface area contributed by atoms with Gasteiger partial charge in [0.25, 0.3) is 5.91 Å². The molecule has 0 radical (unpaired) electrons. The molecule has 126 valence electrons. The quantitative estimate of drug-likeness (QED) is 0.924. The topological polar surface area (TPSA) is 45.2 Å². The van der Waals surface area contributed by atoms with E-state index in [1.807, 2.05) is 4.90 Å². The van der Waals surface area contributed by atoms with E-state index < -0.39 is 11.7 Å². The van der Waals surface area contributed by atoms with Gasteiger partial charge < -0.3 is 10.2 Å². The number of aromatic nitrogens is 1. The van der Waals surface area contributed by atoms with E-state index in [-0.39, 0.29) is 5.91 Å². The number of halogens is 3. The summed E-state index contributed by atoms with van der Waals surface area (Å²) in [5.41, 5.74) is -0.0249. The maximum atomic E-state index is 12.6. The lowest BCUT2D eigenvalue weighted by atomic mass is 10.2. The van der Waals surface area contributed by atoms with Gasteiger partial charge in [-0.1, -0.05) is 0 Å². The normalized spacial score (nSPS) is 14.7. The molecule has 0 aliphatic carbocycles. The maximum Gasteiger partial charge on any atom is 0.416 e. The number of benzene rings is 1. The highest BCUT2D eigenvalue weighted by molar-refractivity contribution is 6.07. The molecule has 1 N–H and O–H groups in total. The van der Waals surface area contributed by atoms with Crippen LogP contribution in [0.25, 0.3) is 0 Å². The molecule has 4 nitrogen and oxygen atoms in total. The Morgan fingerprint density at radius 1 is 1.08 bits per heavy atom. The van der Waals surface area contributed by atoms with Gasteiger partial charge in [-0.2, -0.15) is 13.2 Å². The minimum atomic E-state index is -4.39. The van der Waals surface area contributed by atoms with Gasteiger partial charge in [-0.15, -0.1) is 0 Å². The van der Waals surface area contributed by atoms with Crippen LogP contribution in [-0.2, 0) is 6.18 Å². The minimum Gasteiger partial charge on any atom is -0.356 e. The van der Waals surface area contributed by atoms with E-state index in [4.69, 9.17) is 0 Å². The molecule has 1 saturated heterocycles. The standard InChI is InChI=1S/C17H16F3N3O/c18-17(19,20)12-5-7-13(8-6-12)22-16(24)14-4-3-9-21-15(14)23-10-1-2-11-23/h3-9H,1-2,10-11H2,(H,22,24). The molecule has 7 heteroatoms. The van der Waals surface area contributed by atoms with Crippen LogP contribution < -0.4 is 10.2 Å². The van der Waals surface area contributed by atoms with Crippen LogP contribution in [-0.4, -0.2) is 24.0 Å². The molecule has 0 saturated carbocycles. The second-order valence-electron chi connectivity index (χ2n) is 5.60. The average Bonchev–Trinajstić information content (AvgIpc) is 3.09. The first-order valence-electron chi connectivity index (χ1n) is 7.64. The molecule has 0 spiro atoms. The number of hydrogen-bond donors (Lipinski definition) is 1. The molecule has 0 unspecified atom stereocenters. The Morgan fingerprint density at radius 2 is 1.75 bits per heavy atom. The van der Waals surface area contributed by atoms with Crippen molar-refractivity contribution in [3.63, 3.8) is 0 Å². The van der Waals surface area contributed by atoms with E-state index >= 15 is 0 Å². The third-order valence-corrected chi connectivity index (χ3v) is 3.91. The Morgan fingerprint density at radius 3 is 2.38 bits per heavy atom. The number of nitrogens with one attached hydrogen (secondary N) is 1. The number of anilines is 2. The number of carbonyl (C=O) groups excluding carboxylic acids is 1. The van der Waals surface area contributed by atoms with Crippen LogP contribution in [0.4, 0.5) is 24.7 Å². The predicted molar refractivity (Wildman–Crippen MR) is 85.1 cm³/mol. The highest BCUT2D eigenvalue weighted by atomic mass is 19.4. The van der Waals surface area contributed by atoms with Crippen LogP contribution in [0.3, 0.4) is 0 Å². The first kappa shape index (κ1) is 16.3. The predicted octanol–water partition coefficient (Wildman–Crippen LogP) is 3.95. The van der Waals surface area contributed by atoms with Crippen molar-refractivity contribution in [1.29, 1.82) is 0 Å². The van der Waals surface area contributed by atoms with Gasteiger partial charge in [0.2, 0.25) is 0 Å². The summed E-state index contributed by atoms with van der Waals surface area (Å²) < 4.78 is 37.7. The summed E-state index contributed by atoms with van der Waals surface area (Å²) in [4.78, 5) is 18.8. The molecular weight excluding hydrogens is 319 g/mol. The fourth-order valence-corrected chi connectivity index (χ4v) is 2.70. The van der Waals surface area contributed by atoms with Crippen LogP contribution in [0.15, 0.2) is 42.6 Å². The van der Waals surface area contributed by atoms with Crippen molar-refractivity contribution in [1.82, 2.24) is 4.98 Å². The zero-order chi connectivity index (χ0) is 17.2. The van der Waals surface area contributed by atoms with Gasteiger partial charge in [-0.05, 0) is 49.2 Å². The number of nitrogens with zero attached hydrogens (tertiary/aromatic N) is 2. The van der Waals surface area contributed by atoms with Crippen LogP contribution in [0.5, 0.6) is 0 Å². The van der Waals surface area contributed by atoms with Crippen molar-refractivity contribution >= 4 is 17.4 Å². The van der Waals surface area contributed by atoms with Crippen LogP contribution in [0, 0.1) is 0 Å². The van der Waals surface area contributed by atoms with Crippen molar-refractivity contribution in [3.8, 4) is 0 Å².